The van der Waals surface area contributed by atoms with Crippen LogP contribution in [0.1, 0.15) is 26.2 Å². The highest BCUT2D eigenvalue weighted by atomic mass is 16.5. The predicted octanol–water partition coefficient (Wildman–Crippen LogP) is 0.0189. The molecule has 0 aromatic rings. The summed E-state index contributed by atoms with van der Waals surface area (Å²) in [6, 6.07) is 0.0398. The number of hydrogen-bond donors (Lipinski definition) is 2. The van der Waals surface area contributed by atoms with E-state index in [1.807, 2.05) is 6.92 Å². The van der Waals surface area contributed by atoms with Crippen molar-refractivity contribution in [3.8, 4) is 0 Å². The second-order valence-electron chi connectivity index (χ2n) is 3.50. The molecule has 3 N–H and O–H groups in total. The number of carbonyl (C=O) groups excluding carboxylic acids is 1. The average molecular weight is 186 g/mol. The monoisotopic (exact) mass is 186 g/mol. The smallest absolute Gasteiger partial charge is 0.249 e. The first-order chi connectivity index (χ1) is 6.24. The summed E-state index contributed by atoms with van der Waals surface area (Å²) in [6.45, 7) is 3.06. The minimum atomic E-state index is -0.247. The molecule has 1 rings (SSSR count). The van der Waals surface area contributed by atoms with Gasteiger partial charge in [0.1, 0.15) is 6.10 Å². The number of rotatable bonds is 3. The maximum Gasteiger partial charge on any atom is 0.249 e. The number of carbonyl (C=O) groups is 1. The molecule has 0 aromatic heterocycles. The second kappa shape index (κ2) is 5.19. The summed E-state index contributed by atoms with van der Waals surface area (Å²) < 4.78 is 5.33. The summed E-state index contributed by atoms with van der Waals surface area (Å²) in [5, 5.41) is 2.81. The topological polar surface area (TPSA) is 64.3 Å². The Morgan fingerprint density at radius 1 is 1.69 bits per heavy atom. The zero-order valence-corrected chi connectivity index (χ0v) is 8.08. The van der Waals surface area contributed by atoms with Crippen LogP contribution in [-0.4, -0.2) is 31.2 Å². The van der Waals surface area contributed by atoms with E-state index in [2.05, 4.69) is 5.32 Å². The highest BCUT2D eigenvalue weighted by Crippen LogP contribution is 2.12. The summed E-state index contributed by atoms with van der Waals surface area (Å²) in [7, 11) is 0. The van der Waals surface area contributed by atoms with Gasteiger partial charge in [0.2, 0.25) is 5.91 Å². The summed E-state index contributed by atoms with van der Waals surface area (Å²) in [5.74, 6) is -0.0161. The molecule has 1 aliphatic rings. The summed E-state index contributed by atoms with van der Waals surface area (Å²) in [6.07, 6.45) is 2.73. The molecule has 1 aliphatic heterocycles. The van der Waals surface area contributed by atoms with Crippen LogP contribution in [0.25, 0.3) is 0 Å². The number of amides is 1. The van der Waals surface area contributed by atoms with Gasteiger partial charge in [-0.1, -0.05) is 0 Å². The standard InChI is InChI=1S/C9H18N2O2/c1-7(6-10)11-9(12)8-4-2-3-5-13-8/h7-8H,2-6,10H2,1H3,(H,11,12). The number of hydrogen-bond acceptors (Lipinski definition) is 3. The van der Waals surface area contributed by atoms with Gasteiger partial charge in [0.05, 0.1) is 0 Å². The van der Waals surface area contributed by atoms with Gasteiger partial charge in [0.25, 0.3) is 0 Å². The number of nitrogens with two attached hydrogens (primary N) is 1. The molecule has 1 amide bonds. The van der Waals surface area contributed by atoms with Gasteiger partial charge < -0.3 is 15.8 Å². The molecule has 1 saturated heterocycles. The Labute approximate surface area is 78.8 Å². The number of ether oxygens (including phenoxy) is 1. The van der Waals surface area contributed by atoms with Crippen LogP contribution < -0.4 is 11.1 Å². The van der Waals surface area contributed by atoms with Gasteiger partial charge in [0, 0.05) is 19.2 Å². The van der Waals surface area contributed by atoms with Gasteiger partial charge in [-0.2, -0.15) is 0 Å². The molecular formula is C9H18N2O2. The first kappa shape index (κ1) is 10.5. The third-order valence-electron chi connectivity index (χ3n) is 2.21. The number of nitrogens with one attached hydrogen (secondary N) is 1. The van der Waals surface area contributed by atoms with Crippen LogP contribution in [0.4, 0.5) is 0 Å². The molecule has 0 radical (unpaired) electrons. The molecule has 2 atom stereocenters. The van der Waals surface area contributed by atoms with E-state index in [-0.39, 0.29) is 18.1 Å². The largest absolute Gasteiger partial charge is 0.368 e. The Balaban J connectivity index is 2.29. The average Bonchev–Trinajstić information content (AvgIpc) is 2.19. The van der Waals surface area contributed by atoms with Crippen molar-refractivity contribution in [2.45, 2.75) is 38.3 Å². The fourth-order valence-electron chi connectivity index (χ4n) is 1.34. The summed E-state index contributed by atoms with van der Waals surface area (Å²) >= 11 is 0. The first-order valence-corrected chi connectivity index (χ1v) is 4.86. The van der Waals surface area contributed by atoms with Crippen molar-refractivity contribution in [3.05, 3.63) is 0 Å². The van der Waals surface area contributed by atoms with Gasteiger partial charge in [-0.25, -0.2) is 0 Å². The molecule has 0 spiro atoms. The lowest BCUT2D eigenvalue weighted by Crippen LogP contribution is -2.45. The molecule has 2 unspecified atom stereocenters. The van der Waals surface area contributed by atoms with Gasteiger partial charge in [-0.05, 0) is 26.2 Å². The van der Waals surface area contributed by atoms with Crippen molar-refractivity contribution in [2.75, 3.05) is 13.2 Å². The molecule has 0 saturated carbocycles. The van der Waals surface area contributed by atoms with Gasteiger partial charge >= 0.3 is 0 Å². The van der Waals surface area contributed by atoms with Crippen LogP contribution in [0.3, 0.4) is 0 Å². The molecule has 0 aromatic carbocycles. The van der Waals surface area contributed by atoms with Crippen molar-refractivity contribution in [1.29, 1.82) is 0 Å². The molecule has 76 valence electrons. The Morgan fingerprint density at radius 3 is 3.00 bits per heavy atom. The predicted molar refractivity (Wildman–Crippen MR) is 50.3 cm³/mol. The maximum atomic E-state index is 11.5. The van der Waals surface area contributed by atoms with E-state index in [9.17, 15) is 4.79 Å². The first-order valence-electron chi connectivity index (χ1n) is 4.86. The summed E-state index contributed by atoms with van der Waals surface area (Å²) in [4.78, 5) is 11.5. The van der Waals surface area contributed by atoms with Gasteiger partial charge in [-0.15, -0.1) is 0 Å². The minimum Gasteiger partial charge on any atom is -0.368 e. The fraction of sp³-hybridized carbons (Fsp3) is 0.889. The van der Waals surface area contributed by atoms with E-state index in [1.54, 1.807) is 0 Å². The maximum absolute atomic E-state index is 11.5. The third kappa shape index (κ3) is 3.32. The molecule has 0 aliphatic carbocycles. The van der Waals surface area contributed by atoms with Crippen LogP contribution in [0.15, 0.2) is 0 Å². The van der Waals surface area contributed by atoms with E-state index in [0.717, 1.165) is 19.3 Å². The van der Waals surface area contributed by atoms with Gasteiger partial charge in [-0.3, -0.25) is 4.79 Å². The Hall–Kier alpha value is -0.610. The van der Waals surface area contributed by atoms with Crippen molar-refractivity contribution in [1.82, 2.24) is 5.32 Å². The zero-order valence-electron chi connectivity index (χ0n) is 8.08. The van der Waals surface area contributed by atoms with E-state index in [4.69, 9.17) is 10.5 Å². The van der Waals surface area contributed by atoms with E-state index < -0.39 is 0 Å². The van der Waals surface area contributed by atoms with Crippen LogP contribution in [-0.2, 0) is 9.53 Å². The normalized spacial score (nSPS) is 25.2. The van der Waals surface area contributed by atoms with Crippen molar-refractivity contribution in [2.24, 2.45) is 5.73 Å². The van der Waals surface area contributed by atoms with Crippen LogP contribution in [0.5, 0.6) is 0 Å². The lowest BCUT2D eigenvalue weighted by atomic mass is 10.1. The molecular weight excluding hydrogens is 168 g/mol. The Kier molecular flexibility index (Phi) is 4.18. The SMILES string of the molecule is CC(CN)NC(=O)C1CCCCO1. The Morgan fingerprint density at radius 2 is 2.46 bits per heavy atom. The fourth-order valence-corrected chi connectivity index (χ4v) is 1.34. The highest BCUT2D eigenvalue weighted by Gasteiger charge is 2.22. The zero-order chi connectivity index (χ0) is 9.68. The second-order valence-corrected chi connectivity index (χ2v) is 3.50. The minimum absolute atomic E-state index is 0.0161. The third-order valence-corrected chi connectivity index (χ3v) is 2.21. The van der Waals surface area contributed by atoms with E-state index in [1.165, 1.54) is 0 Å². The van der Waals surface area contributed by atoms with Crippen LogP contribution in [0.2, 0.25) is 0 Å². The molecule has 1 fully saturated rings. The molecule has 4 heteroatoms. The van der Waals surface area contributed by atoms with Crippen molar-refractivity contribution >= 4 is 5.91 Å². The van der Waals surface area contributed by atoms with Crippen LogP contribution in [0, 0.1) is 0 Å². The van der Waals surface area contributed by atoms with Crippen molar-refractivity contribution < 1.29 is 9.53 Å². The Bertz CT molecular complexity index is 167. The molecule has 13 heavy (non-hydrogen) atoms. The highest BCUT2D eigenvalue weighted by molar-refractivity contribution is 5.81. The lowest BCUT2D eigenvalue weighted by Gasteiger charge is -2.23. The van der Waals surface area contributed by atoms with Crippen molar-refractivity contribution in [3.63, 3.8) is 0 Å². The van der Waals surface area contributed by atoms with E-state index in [0.29, 0.717) is 13.2 Å². The molecule has 0 bridgehead atoms. The lowest BCUT2D eigenvalue weighted by molar-refractivity contribution is -0.136. The van der Waals surface area contributed by atoms with E-state index >= 15 is 0 Å². The summed E-state index contributed by atoms with van der Waals surface area (Å²) in [5.41, 5.74) is 5.39. The quantitative estimate of drug-likeness (QED) is 0.653. The molecule has 4 nitrogen and oxygen atoms in total. The van der Waals surface area contributed by atoms with Crippen LogP contribution >= 0.6 is 0 Å². The molecule has 1 heterocycles. The van der Waals surface area contributed by atoms with Gasteiger partial charge in [0.15, 0.2) is 0 Å².